The van der Waals surface area contributed by atoms with Crippen molar-refractivity contribution in [3.05, 3.63) is 53.6 Å². The van der Waals surface area contributed by atoms with Gasteiger partial charge in [0.25, 0.3) is 0 Å². The Hall–Kier alpha value is -2.90. The van der Waals surface area contributed by atoms with E-state index in [9.17, 15) is 17.2 Å². The first-order chi connectivity index (χ1) is 14.3. The molecule has 3 rings (SSSR count). The van der Waals surface area contributed by atoms with Gasteiger partial charge in [0.1, 0.15) is 28.0 Å². The van der Waals surface area contributed by atoms with Gasteiger partial charge in [0.05, 0.1) is 14.2 Å². The molecule has 0 radical (unpaired) electrons. The summed E-state index contributed by atoms with van der Waals surface area (Å²) in [6, 6.07) is 6.63. The van der Waals surface area contributed by atoms with Crippen molar-refractivity contribution in [2.45, 2.75) is 23.9 Å². The molecule has 30 heavy (non-hydrogen) atoms. The molecule has 10 heteroatoms. The van der Waals surface area contributed by atoms with E-state index >= 15 is 0 Å². The third-order valence-corrected chi connectivity index (χ3v) is 6.92. The topological polar surface area (TPSA) is 82.9 Å². The first-order valence-electron chi connectivity index (χ1n) is 9.12. The number of halogens is 2. The van der Waals surface area contributed by atoms with Crippen molar-refractivity contribution in [1.82, 2.24) is 9.21 Å². The smallest absolute Gasteiger partial charge is 0.247 e. The highest BCUT2D eigenvalue weighted by Crippen LogP contribution is 2.34. The second-order valence-electron chi connectivity index (χ2n) is 6.79. The third-order valence-electron chi connectivity index (χ3n) is 5.00. The Kier molecular flexibility index (Phi) is 6.43. The van der Waals surface area contributed by atoms with E-state index in [1.807, 2.05) is 6.19 Å². The van der Waals surface area contributed by atoms with Gasteiger partial charge < -0.3 is 14.4 Å². The van der Waals surface area contributed by atoms with Gasteiger partial charge in [0.15, 0.2) is 6.19 Å². The van der Waals surface area contributed by atoms with E-state index in [-0.39, 0.29) is 22.8 Å². The van der Waals surface area contributed by atoms with Gasteiger partial charge >= 0.3 is 0 Å². The van der Waals surface area contributed by atoms with Crippen LogP contribution in [0.4, 0.5) is 8.78 Å². The van der Waals surface area contributed by atoms with E-state index < -0.39 is 34.2 Å². The van der Waals surface area contributed by atoms with Crippen molar-refractivity contribution in [2.24, 2.45) is 0 Å². The molecule has 2 aromatic carbocycles. The fourth-order valence-electron chi connectivity index (χ4n) is 3.42. The normalized spacial score (nSPS) is 16.5. The first-order valence-corrected chi connectivity index (χ1v) is 10.6. The molecule has 0 aromatic heterocycles. The lowest BCUT2D eigenvalue weighted by Crippen LogP contribution is -2.41. The van der Waals surface area contributed by atoms with Crippen molar-refractivity contribution in [1.29, 1.82) is 5.26 Å². The van der Waals surface area contributed by atoms with Crippen LogP contribution in [0, 0.1) is 23.1 Å². The van der Waals surface area contributed by atoms with Crippen molar-refractivity contribution in [2.75, 3.05) is 27.3 Å². The molecule has 0 saturated carbocycles. The summed E-state index contributed by atoms with van der Waals surface area (Å²) in [6.45, 7) is 0.128. The summed E-state index contributed by atoms with van der Waals surface area (Å²) in [6.07, 6.45) is 2.37. The van der Waals surface area contributed by atoms with E-state index in [4.69, 9.17) is 14.7 Å². The second kappa shape index (κ2) is 8.85. The number of rotatable bonds is 7. The number of ether oxygens (including phenoxy) is 2. The third kappa shape index (κ3) is 4.32. The predicted molar refractivity (Wildman–Crippen MR) is 104 cm³/mol. The minimum Gasteiger partial charge on any atom is -0.497 e. The molecule has 0 spiro atoms. The minimum atomic E-state index is -4.22. The highest BCUT2D eigenvalue weighted by atomic mass is 32.2. The molecule has 1 unspecified atom stereocenters. The quantitative estimate of drug-likeness (QED) is 0.620. The van der Waals surface area contributed by atoms with Crippen molar-refractivity contribution in [3.8, 4) is 17.7 Å². The number of sulfonamides is 1. The zero-order chi connectivity index (χ0) is 21.9. The Morgan fingerprint density at radius 1 is 1.20 bits per heavy atom. The molecule has 0 amide bonds. The van der Waals surface area contributed by atoms with Gasteiger partial charge in [0, 0.05) is 37.3 Å². The van der Waals surface area contributed by atoms with Crippen LogP contribution >= 0.6 is 0 Å². The number of hydrogen-bond acceptors (Lipinski definition) is 6. The van der Waals surface area contributed by atoms with Crippen LogP contribution < -0.4 is 9.47 Å². The van der Waals surface area contributed by atoms with E-state index in [0.717, 1.165) is 22.5 Å². The van der Waals surface area contributed by atoms with Crippen molar-refractivity contribution in [3.63, 3.8) is 0 Å². The maximum atomic E-state index is 14.3. The summed E-state index contributed by atoms with van der Waals surface area (Å²) in [5, 5.41) is 9.17. The molecule has 7 nitrogen and oxygen atoms in total. The van der Waals surface area contributed by atoms with Crippen LogP contribution in [0.3, 0.4) is 0 Å². The molecule has 1 heterocycles. The molecule has 1 atom stereocenters. The van der Waals surface area contributed by atoms with Gasteiger partial charge in [0.2, 0.25) is 10.0 Å². The molecule has 2 aromatic rings. The number of hydrogen-bond donors (Lipinski definition) is 0. The highest BCUT2D eigenvalue weighted by molar-refractivity contribution is 7.89. The van der Waals surface area contributed by atoms with Crippen molar-refractivity contribution < 1.29 is 26.7 Å². The maximum absolute atomic E-state index is 14.3. The molecule has 1 aliphatic heterocycles. The summed E-state index contributed by atoms with van der Waals surface area (Å²) < 4.78 is 66.8. The standard InChI is InChI=1S/C20H21F2N3O4S/c1-28-17-4-6-19(29-2)20(10-17)30(26,27)25(16-7-8-24(12-16)13-23)11-14-9-15(21)3-5-18(14)22/h3-6,9-10,16H,7-8,11-12H2,1-2H3. The molecular weight excluding hydrogens is 416 g/mol. The Bertz CT molecular complexity index is 1070. The number of benzene rings is 2. The van der Waals surface area contributed by atoms with Crippen molar-refractivity contribution >= 4 is 10.0 Å². The number of nitriles is 1. The molecule has 0 N–H and O–H groups in total. The largest absolute Gasteiger partial charge is 0.497 e. The van der Waals surface area contributed by atoms with Crippen LogP contribution in [-0.4, -0.2) is 51.0 Å². The van der Waals surface area contributed by atoms with Crippen LogP contribution in [-0.2, 0) is 16.6 Å². The highest BCUT2D eigenvalue weighted by Gasteiger charge is 2.38. The van der Waals surface area contributed by atoms with Gasteiger partial charge in [-0.25, -0.2) is 17.2 Å². The second-order valence-corrected chi connectivity index (χ2v) is 8.65. The lowest BCUT2D eigenvalue weighted by Gasteiger charge is -2.28. The van der Waals surface area contributed by atoms with Gasteiger partial charge in [-0.3, -0.25) is 0 Å². The Labute approximate surface area is 174 Å². The number of likely N-dealkylation sites (tertiary alicyclic amines) is 1. The lowest BCUT2D eigenvalue weighted by molar-refractivity contribution is 0.307. The van der Waals surface area contributed by atoms with Crippen LogP contribution in [0.5, 0.6) is 11.5 Å². The summed E-state index contributed by atoms with van der Waals surface area (Å²) >= 11 is 0. The lowest BCUT2D eigenvalue weighted by atomic mass is 10.2. The fraction of sp³-hybridized carbons (Fsp3) is 0.350. The number of methoxy groups -OCH3 is 2. The molecule has 1 aliphatic rings. The summed E-state index contributed by atoms with van der Waals surface area (Å²) in [4.78, 5) is 1.27. The molecule has 1 fully saturated rings. The van der Waals surface area contributed by atoms with Crippen LogP contribution in [0.25, 0.3) is 0 Å². The average Bonchev–Trinajstić information content (AvgIpc) is 3.22. The maximum Gasteiger partial charge on any atom is 0.247 e. The fourth-order valence-corrected chi connectivity index (χ4v) is 5.22. The van der Waals surface area contributed by atoms with Gasteiger partial charge in [-0.1, -0.05) is 0 Å². The minimum absolute atomic E-state index is 0.0932. The Morgan fingerprint density at radius 3 is 2.60 bits per heavy atom. The Morgan fingerprint density at radius 2 is 1.97 bits per heavy atom. The number of nitrogens with zero attached hydrogens (tertiary/aromatic N) is 3. The van der Waals surface area contributed by atoms with Gasteiger partial charge in [-0.15, -0.1) is 0 Å². The van der Waals surface area contributed by atoms with E-state index in [0.29, 0.717) is 18.7 Å². The summed E-state index contributed by atoms with van der Waals surface area (Å²) in [5.41, 5.74) is -0.101. The van der Waals surface area contributed by atoms with Gasteiger partial charge in [-0.2, -0.15) is 9.57 Å². The van der Waals surface area contributed by atoms with E-state index in [1.165, 1.54) is 31.3 Å². The summed E-state index contributed by atoms with van der Waals surface area (Å²) in [7, 11) is -1.48. The average molecular weight is 437 g/mol. The zero-order valence-corrected chi connectivity index (χ0v) is 17.3. The van der Waals surface area contributed by atoms with Crippen LogP contribution in [0.15, 0.2) is 41.3 Å². The first kappa shape index (κ1) is 21.8. The SMILES string of the molecule is COc1ccc(OC)c(S(=O)(=O)N(Cc2cc(F)ccc2F)C2CCN(C#N)C2)c1. The monoisotopic (exact) mass is 437 g/mol. The molecule has 0 bridgehead atoms. The molecule has 160 valence electrons. The molecule has 1 saturated heterocycles. The predicted octanol–water partition coefficient (Wildman–Crippen LogP) is 2.73. The van der Waals surface area contributed by atoms with E-state index in [1.54, 1.807) is 6.07 Å². The van der Waals surface area contributed by atoms with Gasteiger partial charge in [-0.05, 0) is 36.8 Å². The van der Waals surface area contributed by atoms with Crippen LogP contribution in [0.1, 0.15) is 12.0 Å². The van der Waals surface area contributed by atoms with Crippen LogP contribution in [0.2, 0.25) is 0 Å². The van der Waals surface area contributed by atoms with E-state index in [2.05, 4.69) is 0 Å². The Balaban J connectivity index is 2.09. The molecule has 0 aliphatic carbocycles. The molecular formula is C20H21F2N3O4S. The summed E-state index contributed by atoms with van der Waals surface area (Å²) in [5.74, 6) is -0.996. The zero-order valence-electron chi connectivity index (χ0n) is 16.5.